The summed E-state index contributed by atoms with van der Waals surface area (Å²) < 4.78 is 0.410. The van der Waals surface area contributed by atoms with Crippen LogP contribution in [0.5, 0.6) is 0 Å². The minimum atomic E-state index is -0.345. The molecule has 6 heteroatoms. The van der Waals surface area contributed by atoms with Gasteiger partial charge in [0.25, 0.3) is 5.91 Å². The number of benzene rings is 1. The first kappa shape index (κ1) is 19.4. The predicted octanol–water partition coefficient (Wildman–Crippen LogP) is 3.75. The standard InChI is InChI=1S/C19H22N2O2S2/c1-13(10-14-8-6-5-7-9-14)11-15-17(23)21(18(24)25-15)12-16(22)20-19(2,3)4/h5-11H,12H2,1-4H3,(H,20,22)/b13-10+,15-11-. The van der Waals surface area contributed by atoms with E-state index in [1.165, 1.54) is 16.7 Å². The summed E-state index contributed by atoms with van der Waals surface area (Å²) in [6.07, 6.45) is 3.81. The molecule has 0 bridgehead atoms. The Morgan fingerprint density at radius 2 is 1.92 bits per heavy atom. The van der Waals surface area contributed by atoms with Crippen molar-refractivity contribution in [3.63, 3.8) is 0 Å². The van der Waals surface area contributed by atoms with E-state index in [4.69, 9.17) is 12.2 Å². The van der Waals surface area contributed by atoms with Crippen molar-refractivity contribution in [2.24, 2.45) is 0 Å². The van der Waals surface area contributed by atoms with Gasteiger partial charge in [0, 0.05) is 5.54 Å². The van der Waals surface area contributed by atoms with Crippen molar-refractivity contribution in [2.45, 2.75) is 33.2 Å². The molecule has 1 aromatic carbocycles. The fourth-order valence-electron chi connectivity index (χ4n) is 2.30. The van der Waals surface area contributed by atoms with E-state index in [0.717, 1.165) is 11.1 Å². The Morgan fingerprint density at radius 1 is 1.28 bits per heavy atom. The Bertz CT molecular complexity index is 746. The molecule has 1 saturated heterocycles. The van der Waals surface area contributed by atoms with Crippen molar-refractivity contribution in [1.29, 1.82) is 0 Å². The number of nitrogens with zero attached hydrogens (tertiary/aromatic N) is 1. The molecular formula is C19H22N2O2S2. The summed E-state index contributed by atoms with van der Waals surface area (Å²) in [5, 5.41) is 2.84. The van der Waals surface area contributed by atoms with Gasteiger partial charge in [-0.1, -0.05) is 60.4 Å². The molecule has 1 heterocycles. The molecule has 0 saturated carbocycles. The van der Waals surface area contributed by atoms with Gasteiger partial charge in [0.15, 0.2) is 0 Å². The van der Waals surface area contributed by atoms with E-state index in [0.29, 0.717) is 9.23 Å². The van der Waals surface area contributed by atoms with Crippen LogP contribution in [0.3, 0.4) is 0 Å². The molecular weight excluding hydrogens is 352 g/mol. The van der Waals surface area contributed by atoms with Crippen molar-refractivity contribution in [1.82, 2.24) is 10.2 Å². The zero-order chi connectivity index (χ0) is 18.6. The topological polar surface area (TPSA) is 49.4 Å². The summed E-state index contributed by atoms with van der Waals surface area (Å²) in [6, 6.07) is 9.89. The molecule has 25 heavy (non-hydrogen) atoms. The molecule has 4 nitrogen and oxygen atoms in total. The molecule has 2 amide bonds. The van der Waals surface area contributed by atoms with Crippen LogP contribution in [0.25, 0.3) is 6.08 Å². The van der Waals surface area contributed by atoms with Crippen LogP contribution >= 0.6 is 24.0 Å². The quantitative estimate of drug-likeness (QED) is 0.644. The second-order valence-corrected chi connectivity index (χ2v) is 8.54. The summed E-state index contributed by atoms with van der Waals surface area (Å²) in [5.74, 6) is -0.443. The number of amides is 2. The number of hydrogen-bond donors (Lipinski definition) is 1. The van der Waals surface area contributed by atoms with Crippen molar-refractivity contribution in [3.8, 4) is 0 Å². The van der Waals surface area contributed by atoms with Gasteiger partial charge in [-0.2, -0.15) is 0 Å². The first-order valence-electron chi connectivity index (χ1n) is 7.95. The SMILES string of the molecule is CC(/C=C1\SC(=S)N(CC(=O)NC(C)(C)C)C1=O)=C\c1ccccc1. The van der Waals surface area contributed by atoms with E-state index in [1.807, 2.05) is 70.2 Å². The highest BCUT2D eigenvalue weighted by Crippen LogP contribution is 2.31. The molecule has 0 unspecified atom stereocenters. The molecule has 2 rings (SSSR count). The van der Waals surface area contributed by atoms with Gasteiger partial charge in [0.1, 0.15) is 10.9 Å². The Hall–Kier alpha value is -1.92. The molecule has 1 fully saturated rings. The van der Waals surface area contributed by atoms with Crippen molar-refractivity contribution >= 4 is 46.2 Å². The van der Waals surface area contributed by atoms with Crippen LogP contribution in [-0.2, 0) is 9.59 Å². The first-order chi connectivity index (χ1) is 11.7. The second kappa shape index (κ2) is 7.97. The fourth-order valence-corrected chi connectivity index (χ4v) is 3.60. The van der Waals surface area contributed by atoms with Crippen LogP contribution in [0.15, 0.2) is 46.9 Å². The molecule has 1 aliphatic heterocycles. The monoisotopic (exact) mass is 374 g/mol. The molecule has 0 spiro atoms. The van der Waals surface area contributed by atoms with Crippen LogP contribution in [0.1, 0.15) is 33.3 Å². The maximum absolute atomic E-state index is 12.5. The van der Waals surface area contributed by atoms with E-state index in [2.05, 4.69) is 5.32 Å². The lowest BCUT2D eigenvalue weighted by Crippen LogP contribution is -2.46. The summed E-state index contributed by atoms with van der Waals surface area (Å²) in [7, 11) is 0. The molecule has 0 aromatic heterocycles. The first-order valence-corrected chi connectivity index (χ1v) is 9.18. The third-order valence-electron chi connectivity index (χ3n) is 3.24. The Kier molecular flexibility index (Phi) is 6.19. The number of hydrogen-bond acceptors (Lipinski definition) is 4. The van der Waals surface area contributed by atoms with Gasteiger partial charge in [0.05, 0.1) is 4.91 Å². The van der Waals surface area contributed by atoms with E-state index >= 15 is 0 Å². The summed E-state index contributed by atoms with van der Waals surface area (Å²) in [5.41, 5.74) is 1.67. The molecule has 0 radical (unpaired) electrons. The lowest BCUT2D eigenvalue weighted by molar-refractivity contribution is -0.129. The lowest BCUT2D eigenvalue weighted by Gasteiger charge is -2.22. The number of rotatable bonds is 4. The number of carbonyl (C=O) groups is 2. The smallest absolute Gasteiger partial charge is 0.266 e. The van der Waals surface area contributed by atoms with Crippen LogP contribution in [0.2, 0.25) is 0 Å². The Labute approximate surface area is 158 Å². The van der Waals surface area contributed by atoms with Gasteiger partial charge >= 0.3 is 0 Å². The largest absolute Gasteiger partial charge is 0.350 e. The zero-order valence-corrected chi connectivity index (χ0v) is 16.5. The highest BCUT2D eigenvalue weighted by atomic mass is 32.2. The van der Waals surface area contributed by atoms with E-state index in [-0.39, 0.29) is 23.9 Å². The number of allylic oxidation sites excluding steroid dienone is 2. The van der Waals surface area contributed by atoms with E-state index in [1.54, 1.807) is 0 Å². The predicted molar refractivity (Wildman–Crippen MR) is 108 cm³/mol. The van der Waals surface area contributed by atoms with Gasteiger partial charge < -0.3 is 5.32 Å². The normalized spacial score (nSPS) is 17.4. The molecule has 132 valence electrons. The van der Waals surface area contributed by atoms with Crippen molar-refractivity contribution < 1.29 is 9.59 Å². The third kappa shape index (κ3) is 5.83. The number of thioether (sulfide) groups is 1. The van der Waals surface area contributed by atoms with Crippen molar-refractivity contribution in [2.75, 3.05) is 6.54 Å². The molecule has 1 aliphatic rings. The van der Waals surface area contributed by atoms with Crippen LogP contribution in [0, 0.1) is 0 Å². The highest BCUT2D eigenvalue weighted by Gasteiger charge is 2.33. The van der Waals surface area contributed by atoms with Crippen LogP contribution < -0.4 is 5.32 Å². The Balaban J connectivity index is 2.10. The molecule has 0 atom stereocenters. The zero-order valence-electron chi connectivity index (χ0n) is 14.8. The van der Waals surface area contributed by atoms with Gasteiger partial charge in [-0.05, 0) is 44.9 Å². The summed E-state index contributed by atoms with van der Waals surface area (Å²) >= 11 is 6.49. The van der Waals surface area contributed by atoms with Gasteiger partial charge in [0.2, 0.25) is 5.91 Å². The minimum absolute atomic E-state index is 0.0548. The van der Waals surface area contributed by atoms with E-state index < -0.39 is 0 Å². The summed E-state index contributed by atoms with van der Waals surface area (Å²) in [4.78, 5) is 26.5. The number of nitrogens with one attached hydrogen (secondary N) is 1. The molecule has 0 aliphatic carbocycles. The average Bonchev–Trinajstić information content (AvgIpc) is 2.74. The summed E-state index contributed by atoms with van der Waals surface area (Å²) in [6.45, 7) is 7.57. The Morgan fingerprint density at radius 3 is 2.52 bits per heavy atom. The molecule has 1 aromatic rings. The van der Waals surface area contributed by atoms with Crippen molar-refractivity contribution in [3.05, 3.63) is 52.4 Å². The van der Waals surface area contributed by atoms with Gasteiger partial charge in [-0.3, -0.25) is 14.5 Å². The van der Waals surface area contributed by atoms with Crippen LogP contribution in [0.4, 0.5) is 0 Å². The van der Waals surface area contributed by atoms with Crippen LogP contribution in [-0.4, -0.2) is 33.1 Å². The fraction of sp³-hybridized carbons (Fsp3) is 0.316. The number of thiocarbonyl (C=S) groups is 1. The van der Waals surface area contributed by atoms with Gasteiger partial charge in [-0.15, -0.1) is 0 Å². The second-order valence-electron chi connectivity index (χ2n) is 6.87. The van der Waals surface area contributed by atoms with Gasteiger partial charge in [-0.25, -0.2) is 0 Å². The number of carbonyl (C=O) groups excluding carboxylic acids is 2. The average molecular weight is 375 g/mol. The third-order valence-corrected chi connectivity index (χ3v) is 4.62. The lowest BCUT2D eigenvalue weighted by atomic mass is 10.1. The maximum atomic E-state index is 12.5. The van der Waals surface area contributed by atoms with E-state index in [9.17, 15) is 9.59 Å². The minimum Gasteiger partial charge on any atom is -0.350 e. The maximum Gasteiger partial charge on any atom is 0.266 e. The highest BCUT2D eigenvalue weighted by molar-refractivity contribution is 8.26. The molecule has 1 N–H and O–H groups in total.